The van der Waals surface area contributed by atoms with Crippen LogP contribution in [-0.4, -0.2) is 32.0 Å². The predicted octanol–water partition coefficient (Wildman–Crippen LogP) is 3.31. The highest BCUT2D eigenvalue weighted by Crippen LogP contribution is 2.22. The van der Waals surface area contributed by atoms with Gasteiger partial charge in [-0.25, -0.2) is 8.42 Å². The molecule has 0 saturated carbocycles. The quantitative estimate of drug-likeness (QED) is 0.669. The second-order valence-electron chi connectivity index (χ2n) is 5.74. The van der Waals surface area contributed by atoms with Gasteiger partial charge in [-0.2, -0.15) is 9.41 Å². The third-order valence-corrected chi connectivity index (χ3v) is 6.00. The maximum Gasteiger partial charge on any atom is 0.243 e. The molecule has 1 saturated heterocycles. The maximum absolute atomic E-state index is 12.9. The molecule has 1 heterocycles. The highest BCUT2D eigenvalue weighted by Gasteiger charge is 2.27. The smallest absolute Gasteiger partial charge is 0.243 e. The molecule has 1 aliphatic rings. The molecule has 126 valence electrons. The van der Waals surface area contributed by atoms with E-state index in [9.17, 15) is 8.42 Å². The van der Waals surface area contributed by atoms with Crippen LogP contribution in [0.25, 0.3) is 0 Å². The molecule has 2 aromatic rings. The second-order valence-corrected chi connectivity index (χ2v) is 7.64. The van der Waals surface area contributed by atoms with E-state index >= 15 is 0 Å². The van der Waals surface area contributed by atoms with Crippen molar-refractivity contribution in [3.05, 3.63) is 60.2 Å². The van der Waals surface area contributed by atoms with Crippen LogP contribution in [0.1, 0.15) is 24.8 Å². The van der Waals surface area contributed by atoms with Gasteiger partial charge in [-0.3, -0.25) is 5.43 Å². The highest BCUT2D eigenvalue weighted by atomic mass is 32.2. The van der Waals surface area contributed by atoms with Crippen LogP contribution in [0.2, 0.25) is 0 Å². The summed E-state index contributed by atoms with van der Waals surface area (Å²) in [5.74, 6) is 0. The zero-order chi connectivity index (χ0) is 16.8. The van der Waals surface area contributed by atoms with Crippen molar-refractivity contribution in [1.82, 2.24) is 4.31 Å². The van der Waals surface area contributed by atoms with Crippen molar-refractivity contribution in [3.63, 3.8) is 0 Å². The van der Waals surface area contributed by atoms with E-state index in [0.717, 1.165) is 24.9 Å². The molecule has 24 heavy (non-hydrogen) atoms. The Morgan fingerprint density at radius 2 is 1.58 bits per heavy atom. The van der Waals surface area contributed by atoms with Crippen LogP contribution in [0.15, 0.2) is 64.6 Å². The van der Waals surface area contributed by atoms with Gasteiger partial charge in [0.25, 0.3) is 0 Å². The fraction of sp³-hybridized carbons (Fsp3) is 0.278. The molecule has 2 aromatic carbocycles. The molecule has 0 amide bonds. The molecule has 1 aliphatic heterocycles. The third kappa shape index (κ3) is 3.83. The lowest BCUT2D eigenvalue weighted by Crippen LogP contribution is -2.36. The molecule has 1 N–H and O–H groups in total. The van der Waals surface area contributed by atoms with Gasteiger partial charge in [0.05, 0.1) is 16.8 Å². The first-order valence-corrected chi connectivity index (χ1v) is 9.55. The van der Waals surface area contributed by atoms with Crippen molar-refractivity contribution in [3.8, 4) is 0 Å². The van der Waals surface area contributed by atoms with E-state index in [1.807, 2.05) is 36.4 Å². The van der Waals surface area contributed by atoms with Gasteiger partial charge in [-0.1, -0.05) is 42.8 Å². The molecule has 0 atom stereocenters. The monoisotopic (exact) mass is 343 g/mol. The van der Waals surface area contributed by atoms with Crippen molar-refractivity contribution < 1.29 is 8.42 Å². The van der Waals surface area contributed by atoms with E-state index in [4.69, 9.17) is 0 Å². The van der Waals surface area contributed by atoms with Gasteiger partial charge in [0.15, 0.2) is 0 Å². The molecule has 0 aromatic heterocycles. The van der Waals surface area contributed by atoms with Gasteiger partial charge in [-0.15, -0.1) is 0 Å². The average molecular weight is 343 g/mol. The number of hydrogen-bond donors (Lipinski definition) is 1. The number of piperidine rings is 1. The van der Waals surface area contributed by atoms with Gasteiger partial charge in [0.2, 0.25) is 10.0 Å². The van der Waals surface area contributed by atoms with Crippen molar-refractivity contribution in [1.29, 1.82) is 0 Å². The number of para-hydroxylation sites is 1. The number of benzene rings is 2. The second kappa shape index (κ2) is 7.59. The van der Waals surface area contributed by atoms with E-state index in [1.165, 1.54) is 0 Å². The van der Waals surface area contributed by atoms with Crippen molar-refractivity contribution >= 4 is 21.9 Å². The van der Waals surface area contributed by atoms with E-state index in [1.54, 1.807) is 28.7 Å². The molecule has 5 nitrogen and oxygen atoms in total. The van der Waals surface area contributed by atoms with Crippen LogP contribution < -0.4 is 5.43 Å². The fourth-order valence-electron chi connectivity index (χ4n) is 2.76. The van der Waals surface area contributed by atoms with Crippen molar-refractivity contribution in [2.75, 3.05) is 18.5 Å². The summed E-state index contributed by atoms with van der Waals surface area (Å²) in [7, 11) is -3.47. The Hall–Kier alpha value is -2.18. The van der Waals surface area contributed by atoms with E-state index in [0.29, 0.717) is 23.5 Å². The van der Waals surface area contributed by atoms with Gasteiger partial charge in [-0.05, 0) is 31.0 Å². The maximum atomic E-state index is 12.9. The molecule has 1 fully saturated rings. The first-order chi connectivity index (χ1) is 11.7. The summed E-state index contributed by atoms with van der Waals surface area (Å²) < 4.78 is 27.3. The van der Waals surface area contributed by atoms with E-state index in [2.05, 4.69) is 10.5 Å². The van der Waals surface area contributed by atoms with Gasteiger partial charge in [0, 0.05) is 18.7 Å². The number of sulfonamides is 1. The Morgan fingerprint density at radius 1 is 0.917 bits per heavy atom. The molecule has 0 unspecified atom stereocenters. The summed E-state index contributed by atoms with van der Waals surface area (Å²) >= 11 is 0. The zero-order valence-corrected chi connectivity index (χ0v) is 14.2. The number of nitrogens with one attached hydrogen (secondary N) is 1. The minimum absolute atomic E-state index is 0.311. The summed E-state index contributed by atoms with van der Waals surface area (Å²) in [4.78, 5) is 0.311. The van der Waals surface area contributed by atoms with Crippen LogP contribution in [0.4, 0.5) is 5.69 Å². The summed E-state index contributed by atoms with van der Waals surface area (Å²) in [6, 6.07) is 16.5. The van der Waals surface area contributed by atoms with Crippen LogP contribution in [0, 0.1) is 0 Å². The molecule has 6 heteroatoms. The van der Waals surface area contributed by atoms with Crippen LogP contribution in [0.3, 0.4) is 0 Å². The minimum atomic E-state index is -3.47. The van der Waals surface area contributed by atoms with Gasteiger partial charge < -0.3 is 0 Å². The number of hydrazone groups is 1. The number of hydrogen-bond acceptors (Lipinski definition) is 4. The van der Waals surface area contributed by atoms with Crippen molar-refractivity contribution in [2.24, 2.45) is 5.10 Å². The molecule has 0 aliphatic carbocycles. The summed E-state index contributed by atoms with van der Waals surface area (Å²) in [5.41, 5.74) is 4.35. The zero-order valence-electron chi connectivity index (χ0n) is 13.4. The normalized spacial score (nSPS) is 16.3. The Labute approximate surface area is 143 Å². The largest absolute Gasteiger partial charge is 0.279 e. The molecular formula is C18H21N3O2S. The predicted molar refractivity (Wildman–Crippen MR) is 96.7 cm³/mol. The summed E-state index contributed by atoms with van der Waals surface area (Å²) in [6.07, 6.45) is 4.50. The first-order valence-electron chi connectivity index (χ1n) is 8.11. The van der Waals surface area contributed by atoms with Crippen LogP contribution in [-0.2, 0) is 10.0 Å². The summed E-state index contributed by atoms with van der Waals surface area (Å²) in [5, 5.41) is 4.17. The molecule has 0 spiro atoms. The lowest BCUT2D eigenvalue weighted by atomic mass is 10.2. The highest BCUT2D eigenvalue weighted by molar-refractivity contribution is 7.89. The Morgan fingerprint density at radius 3 is 2.33 bits per heavy atom. The topological polar surface area (TPSA) is 61.8 Å². The van der Waals surface area contributed by atoms with Crippen LogP contribution >= 0.6 is 0 Å². The minimum Gasteiger partial charge on any atom is -0.279 e. The summed E-state index contributed by atoms with van der Waals surface area (Å²) in [6.45, 7) is 1.19. The van der Waals surface area contributed by atoms with Crippen LogP contribution in [0.5, 0.6) is 0 Å². The molecule has 0 bridgehead atoms. The third-order valence-electron chi connectivity index (χ3n) is 4.02. The van der Waals surface area contributed by atoms with Crippen molar-refractivity contribution in [2.45, 2.75) is 24.2 Å². The van der Waals surface area contributed by atoms with Gasteiger partial charge in [0.1, 0.15) is 0 Å². The lowest BCUT2D eigenvalue weighted by Gasteiger charge is -2.26. The lowest BCUT2D eigenvalue weighted by molar-refractivity contribution is 0.346. The Bertz CT molecular complexity index is 798. The Balaban J connectivity index is 1.82. The fourth-order valence-corrected chi connectivity index (χ4v) is 4.44. The van der Waals surface area contributed by atoms with Gasteiger partial charge >= 0.3 is 0 Å². The average Bonchev–Trinajstić information content (AvgIpc) is 2.64. The first kappa shape index (κ1) is 16.7. The molecular weight excluding hydrogens is 322 g/mol. The van der Waals surface area contributed by atoms with E-state index < -0.39 is 10.0 Å². The van der Waals surface area contributed by atoms with E-state index in [-0.39, 0.29) is 0 Å². The standard InChI is InChI=1S/C18H21N3O2S/c22-24(23,21-13-7-2-8-14-21)18-12-6-5-9-16(18)15-19-20-17-10-3-1-4-11-17/h1,3-6,9-12,15,20H,2,7-8,13-14H2. The number of anilines is 1. The molecule has 3 rings (SSSR count). The number of rotatable bonds is 5. The number of nitrogens with zero attached hydrogens (tertiary/aromatic N) is 2. The Kier molecular flexibility index (Phi) is 5.27. The molecule has 0 radical (unpaired) electrons. The SMILES string of the molecule is O=S(=O)(c1ccccc1C=NNc1ccccc1)N1CCCCC1.